The Morgan fingerprint density at radius 3 is 2.67 bits per heavy atom. The molecule has 0 fully saturated rings. The Morgan fingerprint density at radius 1 is 1.10 bits per heavy atom. The fourth-order valence-electron chi connectivity index (χ4n) is 2.32. The van der Waals surface area contributed by atoms with Crippen LogP contribution >= 0.6 is 0 Å². The number of rotatable bonds is 2. The predicted octanol–water partition coefficient (Wildman–Crippen LogP) is 3.06. The van der Waals surface area contributed by atoms with E-state index < -0.39 is 5.82 Å². The predicted molar refractivity (Wildman–Crippen MR) is 78.4 cm³/mol. The highest BCUT2D eigenvalue weighted by molar-refractivity contribution is 5.78. The van der Waals surface area contributed by atoms with Gasteiger partial charge in [-0.05, 0) is 29.7 Å². The van der Waals surface area contributed by atoms with Crippen molar-refractivity contribution in [2.24, 2.45) is 0 Å². The number of halogens is 1. The third-order valence-electron chi connectivity index (χ3n) is 3.41. The number of hydrogen-bond donors (Lipinski definition) is 0. The molecule has 0 amide bonds. The number of benzene rings is 2. The van der Waals surface area contributed by atoms with Gasteiger partial charge in [0.05, 0.1) is 23.7 Å². The van der Waals surface area contributed by atoms with Crippen LogP contribution in [-0.4, -0.2) is 4.57 Å². The van der Waals surface area contributed by atoms with Gasteiger partial charge in [-0.1, -0.05) is 24.3 Å². The average Bonchev–Trinajstić information content (AvgIpc) is 2.51. The summed E-state index contributed by atoms with van der Waals surface area (Å²) >= 11 is 0. The van der Waals surface area contributed by atoms with Gasteiger partial charge in [0.1, 0.15) is 5.82 Å². The zero-order valence-corrected chi connectivity index (χ0v) is 11.1. The molecule has 0 spiro atoms. The molecule has 21 heavy (non-hydrogen) atoms. The van der Waals surface area contributed by atoms with Gasteiger partial charge in [0.25, 0.3) is 5.56 Å². The monoisotopic (exact) mass is 278 g/mol. The summed E-state index contributed by atoms with van der Waals surface area (Å²) in [6, 6.07) is 16.9. The van der Waals surface area contributed by atoms with Gasteiger partial charge >= 0.3 is 0 Å². The van der Waals surface area contributed by atoms with Crippen LogP contribution in [0.15, 0.2) is 59.4 Å². The average molecular weight is 278 g/mol. The topological polar surface area (TPSA) is 45.8 Å². The van der Waals surface area contributed by atoms with Crippen molar-refractivity contribution in [2.45, 2.75) is 6.54 Å². The highest BCUT2D eigenvalue weighted by Gasteiger charge is 2.08. The fraction of sp³-hybridized carbons (Fsp3) is 0.0588. The van der Waals surface area contributed by atoms with Gasteiger partial charge in [-0.15, -0.1) is 0 Å². The first kappa shape index (κ1) is 13.1. The van der Waals surface area contributed by atoms with E-state index in [4.69, 9.17) is 5.26 Å². The Balaban J connectivity index is 2.12. The molecular weight excluding hydrogens is 267 g/mol. The Hall–Kier alpha value is -2.93. The second-order valence-electron chi connectivity index (χ2n) is 4.73. The van der Waals surface area contributed by atoms with Gasteiger partial charge in [0, 0.05) is 11.6 Å². The molecule has 0 aliphatic heterocycles. The van der Waals surface area contributed by atoms with Crippen LogP contribution in [0.5, 0.6) is 0 Å². The zero-order valence-electron chi connectivity index (χ0n) is 11.1. The van der Waals surface area contributed by atoms with Gasteiger partial charge in [0.2, 0.25) is 0 Å². The van der Waals surface area contributed by atoms with Crippen LogP contribution in [0, 0.1) is 17.1 Å². The molecule has 2 aromatic carbocycles. The van der Waals surface area contributed by atoms with Crippen molar-refractivity contribution in [3.05, 3.63) is 81.9 Å². The fourth-order valence-corrected chi connectivity index (χ4v) is 2.32. The maximum absolute atomic E-state index is 14.0. The van der Waals surface area contributed by atoms with Gasteiger partial charge in [-0.2, -0.15) is 5.26 Å². The summed E-state index contributed by atoms with van der Waals surface area (Å²) < 4.78 is 15.5. The van der Waals surface area contributed by atoms with Crippen molar-refractivity contribution < 1.29 is 4.39 Å². The van der Waals surface area contributed by atoms with Gasteiger partial charge in [-0.3, -0.25) is 4.79 Å². The van der Waals surface area contributed by atoms with Crippen LogP contribution in [0.1, 0.15) is 11.1 Å². The minimum Gasteiger partial charge on any atom is -0.304 e. The minimum atomic E-state index is -0.478. The van der Waals surface area contributed by atoms with Crippen molar-refractivity contribution in [1.82, 2.24) is 4.57 Å². The van der Waals surface area contributed by atoms with E-state index in [-0.39, 0.29) is 17.7 Å². The van der Waals surface area contributed by atoms with Crippen molar-refractivity contribution in [2.75, 3.05) is 0 Å². The standard InChI is InChI=1S/C17H11FN2O/c18-15-9-12(10-19)5-6-14(15)11-20-16-4-2-1-3-13(16)7-8-17(20)21/h1-9H,11H2. The highest BCUT2D eigenvalue weighted by Crippen LogP contribution is 2.15. The second-order valence-corrected chi connectivity index (χ2v) is 4.73. The summed E-state index contributed by atoms with van der Waals surface area (Å²) in [6.45, 7) is 0.137. The number of pyridine rings is 1. The maximum atomic E-state index is 14.0. The summed E-state index contributed by atoms with van der Waals surface area (Å²) in [5.74, 6) is -0.478. The molecule has 0 saturated heterocycles. The van der Waals surface area contributed by atoms with E-state index in [2.05, 4.69) is 0 Å². The lowest BCUT2D eigenvalue weighted by Gasteiger charge is -2.10. The third kappa shape index (κ3) is 2.41. The van der Waals surface area contributed by atoms with Gasteiger partial charge < -0.3 is 4.57 Å². The second kappa shape index (κ2) is 5.22. The number of nitrogens with zero attached hydrogens (tertiary/aromatic N) is 2. The molecule has 1 aromatic heterocycles. The van der Waals surface area contributed by atoms with Gasteiger partial charge in [0.15, 0.2) is 0 Å². The van der Waals surface area contributed by atoms with Crippen molar-refractivity contribution in [3.8, 4) is 6.07 Å². The molecule has 3 aromatic rings. The van der Waals surface area contributed by atoms with Crippen molar-refractivity contribution in [1.29, 1.82) is 5.26 Å². The molecule has 0 radical (unpaired) electrons. The number of fused-ring (bicyclic) bond motifs is 1. The summed E-state index contributed by atoms with van der Waals surface area (Å²) in [5, 5.41) is 9.68. The Labute approximate surface area is 120 Å². The smallest absolute Gasteiger partial charge is 0.251 e. The lowest BCUT2D eigenvalue weighted by molar-refractivity contribution is 0.599. The lowest BCUT2D eigenvalue weighted by atomic mass is 10.1. The van der Waals surface area contributed by atoms with Crippen LogP contribution in [0.4, 0.5) is 4.39 Å². The number of hydrogen-bond acceptors (Lipinski definition) is 2. The number of nitriles is 1. The van der Waals surface area contributed by atoms with Crippen molar-refractivity contribution in [3.63, 3.8) is 0 Å². The molecule has 4 heteroatoms. The summed E-state index contributed by atoms with van der Waals surface area (Å²) in [5.41, 5.74) is 1.22. The molecule has 0 atom stereocenters. The van der Waals surface area contributed by atoms with Crippen LogP contribution < -0.4 is 5.56 Å². The molecule has 3 nitrogen and oxygen atoms in total. The van der Waals surface area contributed by atoms with E-state index >= 15 is 0 Å². The Morgan fingerprint density at radius 2 is 1.90 bits per heavy atom. The molecule has 102 valence electrons. The molecule has 0 unspecified atom stereocenters. The van der Waals surface area contributed by atoms with Crippen LogP contribution in [-0.2, 0) is 6.54 Å². The molecule has 3 rings (SSSR count). The number of aromatic nitrogens is 1. The van der Waals surface area contributed by atoms with E-state index in [1.165, 1.54) is 16.7 Å². The first-order valence-corrected chi connectivity index (χ1v) is 6.46. The highest BCUT2D eigenvalue weighted by atomic mass is 19.1. The molecule has 0 aliphatic carbocycles. The van der Waals surface area contributed by atoms with E-state index in [1.807, 2.05) is 30.3 Å². The summed E-state index contributed by atoms with van der Waals surface area (Å²) in [7, 11) is 0. The maximum Gasteiger partial charge on any atom is 0.251 e. The minimum absolute atomic E-state index is 0.137. The quantitative estimate of drug-likeness (QED) is 0.723. The molecule has 0 bridgehead atoms. The largest absolute Gasteiger partial charge is 0.304 e. The SMILES string of the molecule is N#Cc1ccc(Cn2c(=O)ccc3ccccc32)c(F)c1. The Bertz CT molecular complexity index is 922. The molecule has 1 heterocycles. The molecule has 0 N–H and O–H groups in total. The van der Waals surface area contributed by atoms with E-state index in [9.17, 15) is 9.18 Å². The first-order valence-electron chi connectivity index (χ1n) is 6.46. The number of para-hydroxylation sites is 1. The first-order chi connectivity index (χ1) is 10.2. The lowest BCUT2D eigenvalue weighted by Crippen LogP contribution is -2.20. The van der Waals surface area contributed by atoms with Crippen LogP contribution in [0.3, 0.4) is 0 Å². The van der Waals surface area contributed by atoms with Crippen LogP contribution in [0.25, 0.3) is 10.9 Å². The molecule has 0 saturated carbocycles. The normalized spacial score (nSPS) is 10.5. The molecular formula is C17H11FN2O. The summed E-state index contributed by atoms with van der Waals surface area (Å²) in [4.78, 5) is 12.1. The van der Waals surface area contributed by atoms with E-state index in [1.54, 1.807) is 18.2 Å². The van der Waals surface area contributed by atoms with Crippen molar-refractivity contribution >= 4 is 10.9 Å². The van der Waals surface area contributed by atoms with E-state index in [0.29, 0.717) is 5.56 Å². The summed E-state index contributed by atoms with van der Waals surface area (Å²) in [6.07, 6.45) is 0. The zero-order chi connectivity index (χ0) is 14.8. The van der Waals surface area contributed by atoms with Crippen LogP contribution in [0.2, 0.25) is 0 Å². The van der Waals surface area contributed by atoms with Gasteiger partial charge in [-0.25, -0.2) is 4.39 Å². The molecule has 0 aliphatic rings. The third-order valence-corrected chi connectivity index (χ3v) is 3.41. The van der Waals surface area contributed by atoms with E-state index in [0.717, 1.165) is 10.9 Å². The Kier molecular flexibility index (Phi) is 3.25.